The lowest BCUT2D eigenvalue weighted by Crippen LogP contribution is -2.22. The summed E-state index contributed by atoms with van der Waals surface area (Å²) < 4.78 is 0. The van der Waals surface area contributed by atoms with Crippen LogP contribution in [0.25, 0.3) is 10.6 Å². The number of hydrogen-bond donors (Lipinski definition) is 2. The standard InChI is InChI=1S/C15H12ClN3OS/c16-11-4-1-3-10(7-11)8-17-15(20)12-9-18-19-14(12)13-5-2-6-21-13/h1-7,9H,8H2,(H,17,20)(H,18,19). The SMILES string of the molecule is O=C(NCc1cccc(Cl)c1)c1cn[nH]c1-c1cccs1. The average molecular weight is 318 g/mol. The minimum Gasteiger partial charge on any atom is -0.348 e. The molecule has 6 heteroatoms. The number of hydrogen-bond acceptors (Lipinski definition) is 3. The Balaban J connectivity index is 1.73. The van der Waals surface area contributed by atoms with Gasteiger partial charge < -0.3 is 5.32 Å². The summed E-state index contributed by atoms with van der Waals surface area (Å²) in [5, 5.41) is 12.3. The van der Waals surface area contributed by atoms with E-state index in [1.165, 1.54) is 0 Å². The number of carbonyl (C=O) groups is 1. The Morgan fingerprint density at radius 1 is 1.33 bits per heavy atom. The summed E-state index contributed by atoms with van der Waals surface area (Å²) in [5.74, 6) is -0.160. The lowest BCUT2D eigenvalue weighted by molar-refractivity contribution is 0.0951. The van der Waals surface area contributed by atoms with Gasteiger partial charge >= 0.3 is 0 Å². The van der Waals surface area contributed by atoms with Gasteiger partial charge in [-0.2, -0.15) is 5.10 Å². The molecule has 0 bridgehead atoms. The predicted molar refractivity (Wildman–Crippen MR) is 84.5 cm³/mol. The highest BCUT2D eigenvalue weighted by atomic mass is 35.5. The summed E-state index contributed by atoms with van der Waals surface area (Å²) in [6.45, 7) is 0.425. The third-order valence-electron chi connectivity index (χ3n) is 2.99. The highest BCUT2D eigenvalue weighted by Gasteiger charge is 2.15. The quantitative estimate of drug-likeness (QED) is 0.770. The summed E-state index contributed by atoms with van der Waals surface area (Å²) in [4.78, 5) is 13.3. The molecule has 2 aromatic heterocycles. The van der Waals surface area contributed by atoms with E-state index in [0.29, 0.717) is 17.1 Å². The van der Waals surface area contributed by atoms with Crippen LogP contribution in [0, 0.1) is 0 Å². The first kappa shape index (κ1) is 13.9. The minimum atomic E-state index is -0.160. The predicted octanol–water partition coefficient (Wildman–Crippen LogP) is 3.72. The van der Waals surface area contributed by atoms with Crippen molar-refractivity contribution in [2.24, 2.45) is 0 Å². The van der Waals surface area contributed by atoms with Crippen LogP contribution in [0.5, 0.6) is 0 Å². The first-order valence-electron chi connectivity index (χ1n) is 6.34. The molecular formula is C15H12ClN3OS. The molecule has 3 rings (SSSR count). The number of H-pyrrole nitrogens is 1. The fourth-order valence-corrected chi connectivity index (χ4v) is 2.94. The molecule has 0 spiro atoms. The smallest absolute Gasteiger partial charge is 0.255 e. The van der Waals surface area contributed by atoms with Crippen molar-refractivity contribution in [1.82, 2.24) is 15.5 Å². The molecule has 0 aliphatic carbocycles. The molecule has 2 heterocycles. The van der Waals surface area contributed by atoms with Crippen LogP contribution in [0.3, 0.4) is 0 Å². The van der Waals surface area contributed by atoms with E-state index in [1.807, 2.05) is 35.7 Å². The molecule has 21 heavy (non-hydrogen) atoms. The zero-order valence-corrected chi connectivity index (χ0v) is 12.5. The van der Waals surface area contributed by atoms with Crippen LogP contribution < -0.4 is 5.32 Å². The molecule has 0 saturated heterocycles. The third kappa shape index (κ3) is 3.15. The fraction of sp³-hybridized carbons (Fsp3) is 0.0667. The molecule has 2 N–H and O–H groups in total. The number of halogens is 1. The number of benzene rings is 1. The number of rotatable bonds is 4. The molecular weight excluding hydrogens is 306 g/mol. The van der Waals surface area contributed by atoms with Gasteiger partial charge in [-0.05, 0) is 29.1 Å². The van der Waals surface area contributed by atoms with Crippen molar-refractivity contribution < 1.29 is 4.79 Å². The molecule has 0 saturated carbocycles. The van der Waals surface area contributed by atoms with Crippen LogP contribution in [-0.4, -0.2) is 16.1 Å². The summed E-state index contributed by atoms with van der Waals surface area (Å²) >= 11 is 7.49. The van der Waals surface area contributed by atoms with E-state index in [9.17, 15) is 4.79 Å². The van der Waals surface area contributed by atoms with Crippen molar-refractivity contribution in [2.75, 3.05) is 0 Å². The lowest BCUT2D eigenvalue weighted by atomic mass is 10.2. The number of amides is 1. The molecule has 106 valence electrons. The maximum Gasteiger partial charge on any atom is 0.255 e. The second-order valence-electron chi connectivity index (χ2n) is 4.45. The van der Waals surface area contributed by atoms with Gasteiger partial charge in [0.15, 0.2) is 0 Å². The third-order valence-corrected chi connectivity index (χ3v) is 4.12. The highest BCUT2D eigenvalue weighted by molar-refractivity contribution is 7.13. The van der Waals surface area contributed by atoms with Crippen molar-refractivity contribution in [2.45, 2.75) is 6.54 Å². The van der Waals surface area contributed by atoms with Crippen molar-refractivity contribution in [1.29, 1.82) is 0 Å². The Labute approximate surface area is 130 Å². The number of nitrogens with zero attached hydrogens (tertiary/aromatic N) is 1. The maximum absolute atomic E-state index is 12.3. The zero-order chi connectivity index (χ0) is 14.7. The van der Waals surface area contributed by atoms with Gasteiger partial charge in [-0.25, -0.2) is 0 Å². The number of nitrogens with one attached hydrogen (secondary N) is 2. The Morgan fingerprint density at radius 3 is 3.00 bits per heavy atom. The van der Waals surface area contributed by atoms with Crippen molar-refractivity contribution in [3.05, 3.63) is 64.1 Å². The lowest BCUT2D eigenvalue weighted by Gasteiger charge is -2.05. The normalized spacial score (nSPS) is 10.5. The Kier molecular flexibility index (Phi) is 4.03. The molecule has 4 nitrogen and oxygen atoms in total. The van der Waals surface area contributed by atoms with Crippen LogP contribution in [0.2, 0.25) is 5.02 Å². The summed E-state index contributed by atoms with van der Waals surface area (Å²) in [5.41, 5.74) is 2.24. The van der Waals surface area contributed by atoms with Gasteiger partial charge in [0.1, 0.15) is 0 Å². The van der Waals surface area contributed by atoms with Crippen LogP contribution >= 0.6 is 22.9 Å². The fourth-order valence-electron chi connectivity index (χ4n) is 1.99. The van der Waals surface area contributed by atoms with Gasteiger partial charge in [0.05, 0.1) is 22.3 Å². The van der Waals surface area contributed by atoms with Crippen LogP contribution in [0.15, 0.2) is 48.0 Å². The monoisotopic (exact) mass is 317 g/mol. The Bertz CT molecular complexity index is 752. The van der Waals surface area contributed by atoms with Crippen molar-refractivity contribution in [3.8, 4) is 10.6 Å². The highest BCUT2D eigenvalue weighted by Crippen LogP contribution is 2.25. The van der Waals surface area contributed by atoms with E-state index in [1.54, 1.807) is 23.6 Å². The largest absolute Gasteiger partial charge is 0.348 e. The minimum absolute atomic E-state index is 0.160. The van der Waals surface area contributed by atoms with Gasteiger partial charge in [-0.15, -0.1) is 11.3 Å². The van der Waals surface area contributed by atoms with E-state index in [2.05, 4.69) is 15.5 Å². The van der Waals surface area contributed by atoms with Gasteiger partial charge in [0, 0.05) is 11.6 Å². The van der Waals surface area contributed by atoms with E-state index in [0.717, 1.165) is 16.1 Å². The molecule has 1 amide bonds. The summed E-state index contributed by atoms with van der Waals surface area (Å²) in [6.07, 6.45) is 1.54. The molecule has 0 unspecified atom stereocenters. The van der Waals surface area contributed by atoms with Gasteiger partial charge in [0.25, 0.3) is 5.91 Å². The average Bonchev–Trinajstić information content (AvgIpc) is 3.14. The first-order chi connectivity index (χ1) is 10.2. The van der Waals surface area contributed by atoms with Gasteiger partial charge in [-0.1, -0.05) is 29.8 Å². The topological polar surface area (TPSA) is 57.8 Å². The number of thiophene rings is 1. The molecule has 0 fully saturated rings. The number of aromatic nitrogens is 2. The van der Waals surface area contributed by atoms with Crippen molar-refractivity contribution >= 4 is 28.8 Å². The second-order valence-corrected chi connectivity index (χ2v) is 5.83. The van der Waals surface area contributed by atoms with Crippen LogP contribution in [0.1, 0.15) is 15.9 Å². The number of carbonyl (C=O) groups excluding carboxylic acids is 1. The number of aromatic amines is 1. The molecule has 0 radical (unpaired) electrons. The summed E-state index contributed by atoms with van der Waals surface area (Å²) in [6, 6.07) is 11.3. The Hall–Kier alpha value is -2.11. The molecule has 1 aromatic carbocycles. The van der Waals surface area contributed by atoms with Gasteiger partial charge in [-0.3, -0.25) is 9.89 Å². The summed E-state index contributed by atoms with van der Waals surface area (Å²) in [7, 11) is 0. The van der Waals surface area contributed by atoms with E-state index >= 15 is 0 Å². The molecule has 0 aliphatic rings. The molecule has 3 aromatic rings. The molecule has 0 aliphatic heterocycles. The van der Waals surface area contributed by atoms with E-state index < -0.39 is 0 Å². The van der Waals surface area contributed by atoms with Crippen LogP contribution in [0.4, 0.5) is 0 Å². The van der Waals surface area contributed by atoms with E-state index in [-0.39, 0.29) is 5.91 Å². The second kappa shape index (κ2) is 6.11. The van der Waals surface area contributed by atoms with Crippen LogP contribution in [-0.2, 0) is 6.54 Å². The Morgan fingerprint density at radius 2 is 2.24 bits per heavy atom. The van der Waals surface area contributed by atoms with Gasteiger partial charge in [0.2, 0.25) is 0 Å². The molecule has 0 atom stereocenters. The first-order valence-corrected chi connectivity index (χ1v) is 7.59. The zero-order valence-electron chi connectivity index (χ0n) is 11.0. The maximum atomic E-state index is 12.3. The van der Waals surface area contributed by atoms with E-state index in [4.69, 9.17) is 11.6 Å². The van der Waals surface area contributed by atoms with Crippen molar-refractivity contribution in [3.63, 3.8) is 0 Å².